The highest BCUT2D eigenvalue weighted by Crippen LogP contribution is 2.48. The molecular formula is C29H23N3O3. The number of H-pyrrole nitrogens is 1. The second kappa shape index (κ2) is 8.65. The summed E-state index contributed by atoms with van der Waals surface area (Å²) in [7, 11) is 0. The van der Waals surface area contributed by atoms with E-state index >= 15 is 0 Å². The zero-order valence-corrected chi connectivity index (χ0v) is 18.9. The van der Waals surface area contributed by atoms with Crippen molar-refractivity contribution in [3.8, 4) is 11.5 Å². The first kappa shape index (κ1) is 21.0. The number of fused-ring (bicyclic) bond motifs is 2. The average molecular weight is 462 g/mol. The lowest BCUT2D eigenvalue weighted by Gasteiger charge is -2.36. The van der Waals surface area contributed by atoms with Gasteiger partial charge in [-0.25, -0.2) is 0 Å². The molecule has 6 rings (SSSR count). The van der Waals surface area contributed by atoms with E-state index in [1.807, 2.05) is 60.7 Å². The van der Waals surface area contributed by atoms with E-state index in [9.17, 15) is 4.79 Å². The Balaban J connectivity index is 1.54. The van der Waals surface area contributed by atoms with Gasteiger partial charge < -0.3 is 14.8 Å². The van der Waals surface area contributed by atoms with Crippen molar-refractivity contribution >= 4 is 23.4 Å². The van der Waals surface area contributed by atoms with E-state index in [1.165, 1.54) is 6.08 Å². The molecule has 2 aliphatic rings. The zero-order valence-electron chi connectivity index (χ0n) is 18.9. The molecule has 4 aromatic rings. The number of anilines is 2. The zero-order chi connectivity index (χ0) is 23.7. The van der Waals surface area contributed by atoms with Gasteiger partial charge in [-0.2, -0.15) is 5.10 Å². The van der Waals surface area contributed by atoms with Gasteiger partial charge >= 0.3 is 0 Å². The Bertz CT molecular complexity index is 1440. The molecule has 0 saturated heterocycles. The van der Waals surface area contributed by atoms with E-state index in [-0.39, 0.29) is 6.79 Å². The molecule has 6 heteroatoms. The highest BCUT2D eigenvalue weighted by molar-refractivity contribution is 5.89. The Hall–Kier alpha value is -4.58. The van der Waals surface area contributed by atoms with Crippen molar-refractivity contribution in [2.24, 2.45) is 0 Å². The van der Waals surface area contributed by atoms with Gasteiger partial charge in [-0.15, -0.1) is 0 Å². The van der Waals surface area contributed by atoms with Crippen molar-refractivity contribution in [1.82, 2.24) is 10.2 Å². The summed E-state index contributed by atoms with van der Waals surface area (Å²) in [4.78, 5) is 11.3. The van der Waals surface area contributed by atoms with Crippen LogP contribution in [0.1, 0.15) is 22.4 Å². The molecule has 1 unspecified atom stereocenters. The molecule has 0 amide bonds. The van der Waals surface area contributed by atoms with Gasteiger partial charge in [-0.3, -0.25) is 9.89 Å². The largest absolute Gasteiger partial charge is 0.454 e. The van der Waals surface area contributed by atoms with Gasteiger partial charge in [0.05, 0.1) is 0 Å². The number of hydrogen-bond donors (Lipinski definition) is 2. The number of carbonyl (C=O) groups excluding carboxylic acids is 1. The number of carbonyl (C=O) groups is 1. The second-order valence-corrected chi connectivity index (χ2v) is 8.59. The van der Waals surface area contributed by atoms with Crippen LogP contribution >= 0.6 is 0 Å². The fourth-order valence-corrected chi connectivity index (χ4v) is 4.95. The number of nitrogens with one attached hydrogen (secondary N) is 2. The molecule has 1 aromatic heterocycles. The van der Waals surface area contributed by atoms with Gasteiger partial charge in [0.15, 0.2) is 17.3 Å². The summed E-state index contributed by atoms with van der Waals surface area (Å²) in [5.41, 5.74) is 5.49. The predicted octanol–water partition coefficient (Wildman–Crippen LogP) is 5.56. The van der Waals surface area contributed by atoms with E-state index in [0.717, 1.165) is 57.2 Å². The molecule has 0 radical (unpaired) electrons. The van der Waals surface area contributed by atoms with Crippen LogP contribution in [0.2, 0.25) is 0 Å². The number of hydrogen-bond acceptors (Lipinski definition) is 5. The van der Waals surface area contributed by atoms with Gasteiger partial charge in [0.1, 0.15) is 6.29 Å². The summed E-state index contributed by atoms with van der Waals surface area (Å²) < 4.78 is 11.3. The Morgan fingerprint density at radius 3 is 2.49 bits per heavy atom. The number of allylic oxidation sites excluding steroid dienone is 4. The monoisotopic (exact) mass is 461 g/mol. The minimum atomic E-state index is -0.506. The first-order chi connectivity index (χ1) is 17.3. The molecule has 0 fully saturated rings. The standard InChI is InChI=1S/C29H23N3O3/c33-15-7-8-20-17-29(21-9-3-1-4-10-21,22-13-14-25-26(16-22)35-19-34-25)18-24-27(20)28(32-31-24)30-23-11-5-2-6-12-23/h1-17H,18-19H2,(H2,30,31,32). The van der Waals surface area contributed by atoms with Crippen LogP contribution < -0.4 is 14.8 Å². The number of para-hydroxylation sites is 1. The molecule has 0 saturated carbocycles. The van der Waals surface area contributed by atoms with Crippen LogP contribution in [0.15, 0.2) is 97.1 Å². The number of aldehydes is 1. The number of rotatable bonds is 6. The molecule has 6 nitrogen and oxygen atoms in total. The van der Waals surface area contributed by atoms with Crippen LogP contribution in [0.25, 0.3) is 5.57 Å². The summed E-state index contributed by atoms with van der Waals surface area (Å²) in [6.07, 6.45) is 7.06. The quantitative estimate of drug-likeness (QED) is 0.290. The minimum Gasteiger partial charge on any atom is -0.454 e. The van der Waals surface area contributed by atoms with Crippen LogP contribution in [0.3, 0.4) is 0 Å². The van der Waals surface area contributed by atoms with Crippen molar-refractivity contribution in [2.45, 2.75) is 11.8 Å². The number of aromatic nitrogens is 2. The van der Waals surface area contributed by atoms with Crippen molar-refractivity contribution < 1.29 is 14.3 Å². The van der Waals surface area contributed by atoms with E-state index in [4.69, 9.17) is 9.47 Å². The molecular weight excluding hydrogens is 438 g/mol. The molecule has 172 valence electrons. The predicted molar refractivity (Wildman–Crippen MR) is 135 cm³/mol. The molecule has 2 heterocycles. The maximum absolute atomic E-state index is 11.3. The van der Waals surface area contributed by atoms with Gasteiger partial charge in [0.2, 0.25) is 6.79 Å². The van der Waals surface area contributed by atoms with Crippen LogP contribution in [0.5, 0.6) is 11.5 Å². The lowest BCUT2D eigenvalue weighted by atomic mass is 9.67. The number of aromatic amines is 1. The van der Waals surface area contributed by atoms with E-state index in [2.05, 4.69) is 45.9 Å². The normalized spacial score (nSPS) is 18.2. The molecule has 1 aliphatic heterocycles. The number of nitrogens with zero attached hydrogens (tertiary/aromatic N) is 1. The van der Waals surface area contributed by atoms with Crippen molar-refractivity contribution in [2.75, 3.05) is 12.1 Å². The minimum absolute atomic E-state index is 0.222. The van der Waals surface area contributed by atoms with Crippen LogP contribution in [-0.2, 0) is 16.6 Å². The van der Waals surface area contributed by atoms with E-state index in [1.54, 1.807) is 0 Å². The van der Waals surface area contributed by atoms with Gasteiger partial charge in [-0.1, -0.05) is 66.7 Å². The molecule has 0 bridgehead atoms. The van der Waals surface area contributed by atoms with Crippen LogP contribution in [0, 0.1) is 0 Å². The third kappa shape index (κ3) is 3.69. The average Bonchev–Trinajstić information content (AvgIpc) is 3.55. The van der Waals surface area contributed by atoms with E-state index in [0.29, 0.717) is 6.42 Å². The third-order valence-corrected chi connectivity index (χ3v) is 6.55. The fourth-order valence-electron chi connectivity index (χ4n) is 4.95. The number of ether oxygens (including phenoxy) is 2. The summed E-state index contributed by atoms with van der Waals surface area (Å²) in [6.45, 7) is 0.222. The topological polar surface area (TPSA) is 76.2 Å². The highest BCUT2D eigenvalue weighted by atomic mass is 16.7. The van der Waals surface area contributed by atoms with Gasteiger partial charge in [0.25, 0.3) is 0 Å². The first-order valence-electron chi connectivity index (χ1n) is 11.5. The summed E-state index contributed by atoms with van der Waals surface area (Å²) in [5, 5.41) is 11.3. The van der Waals surface area contributed by atoms with Crippen LogP contribution in [0.4, 0.5) is 11.5 Å². The summed E-state index contributed by atoms with van der Waals surface area (Å²) >= 11 is 0. The van der Waals surface area contributed by atoms with Crippen molar-refractivity contribution in [3.63, 3.8) is 0 Å². The van der Waals surface area contributed by atoms with Crippen molar-refractivity contribution in [1.29, 1.82) is 0 Å². The Morgan fingerprint density at radius 1 is 0.914 bits per heavy atom. The smallest absolute Gasteiger partial charge is 0.231 e. The van der Waals surface area contributed by atoms with E-state index < -0.39 is 5.41 Å². The summed E-state index contributed by atoms with van der Waals surface area (Å²) in [6, 6.07) is 26.4. The van der Waals surface area contributed by atoms with Crippen LogP contribution in [-0.4, -0.2) is 23.3 Å². The summed E-state index contributed by atoms with van der Waals surface area (Å²) in [5.74, 6) is 2.20. The lowest BCUT2D eigenvalue weighted by molar-refractivity contribution is -0.104. The van der Waals surface area contributed by atoms with Gasteiger partial charge in [-0.05, 0) is 47.0 Å². The highest BCUT2D eigenvalue weighted by Gasteiger charge is 2.39. The maximum atomic E-state index is 11.3. The molecule has 35 heavy (non-hydrogen) atoms. The molecule has 2 N–H and O–H groups in total. The Kier molecular flexibility index (Phi) is 5.19. The maximum Gasteiger partial charge on any atom is 0.231 e. The van der Waals surface area contributed by atoms with Crippen molar-refractivity contribution in [3.05, 3.63) is 119 Å². The molecule has 1 atom stereocenters. The van der Waals surface area contributed by atoms with Gasteiger partial charge in [0, 0.05) is 28.8 Å². The fraction of sp³-hybridized carbons (Fsp3) is 0.103. The Morgan fingerprint density at radius 2 is 1.69 bits per heavy atom. The first-order valence-corrected chi connectivity index (χ1v) is 11.5. The molecule has 3 aromatic carbocycles. The SMILES string of the molecule is O=CC=CC1=CC(c2ccccc2)(c2ccc3c(c2)OCO3)Cc2[nH]nc(Nc3ccccc3)c21. The lowest BCUT2D eigenvalue weighted by Crippen LogP contribution is -2.31. The number of benzene rings is 3. The third-order valence-electron chi connectivity index (χ3n) is 6.55. The molecule has 1 aliphatic carbocycles. The Labute approximate surface area is 202 Å². The molecule has 0 spiro atoms. The second-order valence-electron chi connectivity index (χ2n) is 8.59.